The van der Waals surface area contributed by atoms with Gasteiger partial charge in [-0.3, -0.25) is 4.79 Å². The molecule has 216 valence electrons. The summed E-state index contributed by atoms with van der Waals surface area (Å²) in [7, 11) is 0. The first kappa shape index (κ1) is 34.4. The first-order valence-corrected chi connectivity index (χ1v) is 10.1. The monoisotopic (exact) mass is 569 g/mol. The van der Waals surface area contributed by atoms with Crippen molar-refractivity contribution in [3.05, 3.63) is 0 Å². The average Bonchev–Trinajstić information content (AvgIpc) is 2.71. The minimum atomic E-state index is -8.37. The highest BCUT2D eigenvalue weighted by Crippen LogP contribution is 2.62. The highest BCUT2D eigenvalue weighted by molar-refractivity contribution is 5.70. The lowest BCUT2D eigenvalue weighted by Crippen LogP contribution is -2.74. The van der Waals surface area contributed by atoms with E-state index >= 15 is 0 Å². The predicted octanol–water partition coefficient (Wildman–Crippen LogP) is 6.85. The molecule has 0 aliphatic rings. The first-order chi connectivity index (χ1) is 15.9. The van der Waals surface area contributed by atoms with Gasteiger partial charge in [-0.15, -0.1) is 0 Å². The molecule has 0 aromatic rings. The Bertz CT molecular complexity index is 722. The van der Waals surface area contributed by atoms with Crippen LogP contribution in [0.4, 0.5) is 65.9 Å². The largest absolute Gasteiger partial charge is 0.466 e. The van der Waals surface area contributed by atoms with Gasteiger partial charge in [-0.2, -0.15) is 65.9 Å². The number of halogens is 15. The molecule has 0 aromatic heterocycles. The average molecular weight is 569 g/mol. The summed E-state index contributed by atoms with van der Waals surface area (Å²) in [6.07, 6.45) is -8.43. The molecule has 0 saturated carbocycles. The molecule has 0 spiro atoms. The third-order valence-corrected chi connectivity index (χ3v) is 4.89. The number of carbonyl (C=O) groups excluding carboxylic acids is 1. The lowest BCUT2D eigenvalue weighted by atomic mass is 9.87. The zero-order valence-electron chi connectivity index (χ0n) is 18.5. The van der Waals surface area contributed by atoms with Crippen LogP contribution in [0.3, 0.4) is 0 Å². The summed E-state index contributed by atoms with van der Waals surface area (Å²) >= 11 is 0. The lowest BCUT2D eigenvalue weighted by Gasteiger charge is -2.43. The van der Waals surface area contributed by atoms with Crippen molar-refractivity contribution in [2.45, 2.75) is 93.7 Å². The lowest BCUT2D eigenvalue weighted by molar-refractivity contribution is -0.453. The van der Waals surface area contributed by atoms with Crippen LogP contribution in [-0.2, 0) is 9.53 Å². The molecule has 1 unspecified atom stereocenters. The maximum absolute atomic E-state index is 14.5. The number of esters is 1. The van der Waals surface area contributed by atoms with Crippen LogP contribution in [0.2, 0.25) is 0 Å². The van der Waals surface area contributed by atoms with Crippen LogP contribution >= 0.6 is 0 Å². The van der Waals surface area contributed by atoms with Gasteiger partial charge in [0.15, 0.2) is 0 Å². The second kappa shape index (κ2) is 11.4. The minimum Gasteiger partial charge on any atom is -0.466 e. The van der Waals surface area contributed by atoms with Gasteiger partial charge in [-0.25, -0.2) is 0 Å². The fraction of sp³-hybridized carbons (Fsp3) is 0.944. The Hall–Kier alpha value is -1.62. The smallest absolute Gasteiger partial charge is 0.460 e. The van der Waals surface area contributed by atoms with E-state index in [-0.39, 0.29) is 12.8 Å². The fourth-order valence-electron chi connectivity index (χ4n) is 2.74. The molecule has 0 bridgehead atoms. The van der Waals surface area contributed by atoms with Crippen molar-refractivity contribution in [3.63, 3.8) is 0 Å². The predicted molar refractivity (Wildman–Crippen MR) is 92.9 cm³/mol. The number of unbranched alkanes of at least 4 members (excludes halogenated alkanes) is 3. The van der Waals surface area contributed by atoms with E-state index in [1.165, 1.54) is 5.32 Å². The van der Waals surface area contributed by atoms with E-state index < -0.39 is 73.3 Å². The Morgan fingerprint density at radius 2 is 1.11 bits per heavy atom. The second-order valence-corrected chi connectivity index (χ2v) is 7.57. The molecule has 18 heteroatoms. The second-order valence-electron chi connectivity index (χ2n) is 7.57. The molecule has 1 atom stereocenters. The van der Waals surface area contributed by atoms with E-state index in [2.05, 4.69) is 4.74 Å². The van der Waals surface area contributed by atoms with E-state index in [4.69, 9.17) is 0 Å². The number of alkyl halides is 15. The van der Waals surface area contributed by atoms with Gasteiger partial charge >= 0.3 is 47.7 Å². The van der Waals surface area contributed by atoms with Gasteiger partial charge < -0.3 is 10.1 Å². The topological polar surface area (TPSA) is 38.3 Å². The van der Waals surface area contributed by atoms with Crippen LogP contribution in [0.15, 0.2) is 0 Å². The third kappa shape index (κ3) is 6.09. The summed E-state index contributed by atoms with van der Waals surface area (Å²) in [5.41, 5.74) is 0. The van der Waals surface area contributed by atoms with Crippen LogP contribution < -0.4 is 5.32 Å². The number of hydrogen-bond acceptors (Lipinski definition) is 3. The first-order valence-electron chi connectivity index (χ1n) is 10.1. The van der Waals surface area contributed by atoms with Crippen molar-refractivity contribution in [2.24, 2.45) is 0 Å². The van der Waals surface area contributed by atoms with Crippen LogP contribution in [0, 0.1) is 0 Å². The Kier molecular flexibility index (Phi) is 10.9. The molecule has 0 aliphatic heterocycles. The third-order valence-electron chi connectivity index (χ3n) is 4.89. The highest BCUT2D eigenvalue weighted by Gasteiger charge is 2.93. The molecular formula is C18H22F15NO2. The number of nitrogens with one attached hydrogen (secondary N) is 1. The molecule has 0 fully saturated rings. The molecule has 0 aliphatic carbocycles. The van der Waals surface area contributed by atoms with Crippen LogP contribution in [0.5, 0.6) is 0 Å². The van der Waals surface area contributed by atoms with Crippen molar-refractivity contribution >= 4 is 5.97 Å². The molecule has 0 radical (unpaired) electrons. The summed E-state index contributed by atoms with van der Waals surface area (Å²) in [6, 6.07) is -3.51. The highest BCUT2D eigenvalue weighted by atomic mass is 19.4. The maximum atomic E-state index is 14.5. The molecule has 0 aromatic carbocycles. The zero-order valence-corrected chi connectivity index (χ0v) is 18.5. The van der Waals surface area contributed by atoms with E-state index in [1.54, 1.807) is 6.92 Å². The number of carbonyl (C=O) groups is 1. The Balaban J connectivity index is 6.48. The van der Waals surface area contributed by atoms with Gasteiger partial charge in [-0.05, 0) is 19.9 Å². The summed E-state index contributed by atoms with van der Waals surface area (Å²) in [5, 5.41) is 1.51. The Labute approximate surface area is 194 Å². The van der Waals surface area contributed by atoms with Crippen LogP contribution in [0.25, 0.3) is 0 Å². The molecule has 36 heavy (non-hydrogen) atoms. The molecule has 1 N–H and O–H groups in total. The van der Waals surface area contributed by atoms with Gasteiger partial charge in [0.05, 0.1) is 19.1 Å². The number of hydrogen-bond donors (Lipinski definition) is 1. The van der Waals surface area contributed by atoms with Crippen molar-refractivity contribution in [2.75, 3.05) is 13.2 Å². The van der Waals surface area contributed by atoms with Gasteiger partial charge in [-0.1, -0.05) is 26.2 Å². The van der Waals surface area contributed by atoms with E-state index in [1.807, 2.05) is 0 Å². The van der Waals surface area contributed by atoms with Gasteiger partial charge in [0.2, 0.25) is 0 Å². The molecule has 0 heterocycles. The van der Waals surface area contributed by atoms with Crippen molar-refractivity contribution in [1.82, 2.24) is 5.32 Å². The normalized spacial score (nSPS) is 15.7. The molecule has 3 nitrogen and oxygen atoms in total. The summed E-state index contributed by atoms with van der Waals surface area (Å²) in [6.45, 7) is 1.50. The summed E-state index contributed by atoms with van der Waals surface area (Å²) in [5.74, 6) is -49.0. The standard InChI is InChI=1S/C18H22F15NO2/c1-3-5-6-7-8-34-10(9-11(35)36-4-2)12(19,20)13(21,22)14(23,24)15(25,26)16(27,28)17(29,30)18(31,32)33/h10,34H,3-9H2,1-2H3. The Morgan fingerprint density at radius 1 is 0.667 bits per heavy atom. The molecule has 0 saturated heterocycles. The quantitative estimate of drug-likeness (QED) is 0.133. The minimum absolute atomic E-state index is 0.114. The zero-order chi connectivity index (χ0) is 29.0. The van der Waals surface area contributed by atoms with E-state index in [0.29, 0.717) is 12.8 Å². The Morgan fingerprint density at radius 3 is 1.53 bits per heavy atom. The SMILES string of the molecule is CCCCCCNC(CC(=O)OCC)C(F)(F)C(F)(F)C(F)(F)C(F)(F)C(F)(F)C(F)(F)C(F)(F)F. The maximum Gasteiger partial charge on any atom is 0.460 e. The van der Waals surface area contributed by atoms with E-state index in [9.17, 15) is 70.7 Å². The van der Waals surface area contributed by atoms with Crippen LogP contribution in [0.1, 0.15) is 46.0 Å². The van der Waals surface area contributed by atoms with Crippen LogP contribution in [-0.4, -0.2) is 66.9 Å². The van der Waals surface area contributed by atoms with E-state index in [0.717, 1.165) is 6.92 Å². The fourth-order valence-corrected chi connectivity index (χ4v) is 2.74. The molecule has 0 rings (SSSR count). The molecule has 0 amide bonds. The van der Waals surface area contributed by atoms with Gasteiger partial charge in [0.25, 0.3) is 0 Å². The molecular weight excluding hydrogens is 547 g/mol. The summed E-state index contributed by atoms with van der Waals surface area (Å²) in [4.78, 5) is 11.5. The van der Waals surface area contributed by atoms with Gasteiger partial charge in [0, 0.05) is 0 Å². The van der Waals surface area contributed by atoms with Crippen molar-refractivity contribution in [3.8, 4) is 0 Å². The van der Waals surface area contributed by atoms with Crippen molar-refractivity contribution < 1.29 is 75.4 Å². The number of ether oxygens (including phenoxy) is 1. The van der Waals surface area contributed by atoms with Gasteiger partial charge in [0.1, 0.15) is 0 Å². The number of rotatable bonds is 15. The van der Waals surface area contributed by atoms with Crippen molar-refractivity contribution in [1.29, 1.82) is 0 Å². The summed E-state index contributed by atoms with van der Waals surface area (Å²) < 4.78 is 206.